The normalized spacial score (nSPS) is 11.3. The summed E-state index contributed by atoms with van der Waals surface area (Å²) in [7, 11) is 0. The van der Waals surface area contributed by atoms with Gasteiger partial charge in [0.05, 0.1) is 10.5 Å². The molecular formula is C20H15N3O4. The lowest BCUT2D eigenvalue weighted by molar-refractivity contribution is -0.384. The number of rotatable bonds is 5. The molecule has 7 nitrogen and oxygen atoms in total. The molecule has 0 bridgehead atoms. The quantitative estimate of drug-likeness (QED) is 0.409. The first-order valence-corrected chi connectivity index (χ1v) is 8.01. The zero-order valence-corrected chi connectivity index (χ0v) is 14.1. The summed E-state index contributed by atoms with van der Waals surface area (Å²) >= 11 is 0. The second-order valence-electron chi connectivity index (χ2n) is 5.65. The molecule has 0 unspecified atom stereocenters. The number of phenols is 1. The van der Waals surface area contributed by atoms with Crippen molar-refractivity contribution in [2.45, 2.75) is 0 Å². The smallest absolute Gasteiger partial charge is 0.275 e. The number of benzene rings is 3. The van der Waals surface area contributed by atoms with Gasteiger partial charge >= 0.3 is 0 Å². The Bertz CT molecular complexity index is 1070. The lowest BCUT2D eigenvalue weighted by Gasteiger charge is -2.05. The van der Waals surface area contributed by atoms with Gasteiger partial charge in [-0.2, -0.15) is 5.10 Å². The van der Waals surface area contributed by atoms with E-state index in [4.69, 9.17) is 0 Å². The summed E-state index contributed by atoms with van der Waals surface area (Å²) in [6, 6.07) is 16.6. The van der Waals surface area contributed by atoms with Crippen LogP contribution < -0.4 is 5.43 Å². The summed E-state index contributed by atoms with van der Waals surface area (Å²) in [6.45, 7) is 0. The van der Waals surface area contributed by atoms with Gasteiger partial charge in [-0.1, -0.05) is 42.5 Å². The number of phenolic OH excluding ortho intramolecular Hbond substituents is 1. The molecule has 0 aromatic heterocycles. The Balaban J connectivity index is 1.66. The van der Waals surface area contributed by atoms with Gasteiger partial charge in [-0.15, -0.1) is 0 Å². The molecule has 27 heavy (non-hydrogen) atoms. The maximum Gasteiger partial charge on any atom is 0.275 e. The van der Waals surface area contributed by atoms with Crippen LogP contribution in [0, 0.1) is 10.1 Å². The van der Waals surface area contributed by atoms with E-state index >= 15 is 0 Å². The number of carbonyl (C=O) groups excluding carboxylic acids is 1. The second kappa shape index (κ2) is 7.92. The standard InChI is InChI=1S/C20H15N3O4/c24-19-13-16-8-2-1-7-15(16)12-18(19)20(25)22-21-10-4-6-14-5-3-9-17(11-14)23(26)27/h1-13,24H,(H,22,25)/b6-4+,21-10-. The summed E-state index contributed by atoms with van der Waals surface area (Å²) in [4.78, 5) is 22.4. The molecule has 134 valence electrons. The molecule has 7 heteroatoms. The number of nitro benzene ring substituents is 1. The van der Waals surface area contributed by atoms with E-state index in [9.17, 15) is 20.0 Å². The van der Waals surface area contributed by atoms with Crippen LogP contribution in [0.1, 0.15) is 15.9 Å². The summed E-state index contributed by atoms with van der Waals surface area (Å²) < 4.78 is 0. The fraction of sp³-hybridized carbons (Fsp3) is 0. The highest BCUT2D eigenvalue weighted by Gasteiger charge is 2.11. The predicted octanol–water partition coefficient (Wildman–Crippen LogP) is 3.88. The van der Waals surface area contributed by atoms with Crippen LogP contribution in [-0.4, -0.2) is 22.2 Å². The number of fused-ring (bicyclic) bond motifs is 1. The molecule has 0 atom stereocenters. The Morgan fingerprint density at radius 2 is 1.81 bits per heavy atom. The lowest BCUT2D eigenvalue weighted by Crippen LogP contribution is -2.17. The minimum atomic E-state index is -0.543. The monoisotopic (exact) mass is 361 g/mol. The van der Waals surface area contributed by atoms with Crippen LogP contribution in [0.5, 0.6) is 5.75 Å². The van der Waals surface area contributed by atoms with Crippen molar-refractivity contribution in [2.75, 3.05) is 0 Å². The molecule has 0 saturated carbocycles. The van der Waals surface area contributed by atoms with Crippen molar-refractivity contribution < 1.29 is 14.8 Å². The van der Waals surface area contributed by atoms with Crippen LogP contribution >= 0.6 is 0 Å². The van der Waals surface area contributed by atoms with Crippen molar-refractivity contribution in [3.8, 4) is 5.75 Å². The van der Waals surface area contributed by atoms with E-state index in [-0.39, 0.29) is 17.0 Å². The molecular weight excluding hydrogens is 346 g/mol. The van der Waals surface area contributed by atoms with Gasteiger partial charge in [0.15, 0.2) is 0 Å². The molecule has 3 aromatic carbocycles. The van der Waals surface area contributed by atoms with Crippen LogP contribution in [-0.2, 0) is 0 Å². The number of nitrogens with zero attached hydrogens (tertiary/aromatic N) is 2. The topological polar surface area (TPSA) is 105 Å². The number of amides is 1. The van der Waals surface area contributed by atoms with Crippen molar-refractivity contribution >= 4 is 34.7 Å². The van der Waals surface area contributed by atoms with Crippen molar-refractivity contribution in [3.05, 3.63) is 88.0 Å². The van der Waals surface area contributed by atoms with E-state index in [1.807, 2.05) is 24.3 Å². The van der Waals surface area contributed by atoms with E-state index in [2.05, 4.69) is 10.5 Å². The Morgan fingerprint density at radius 3 is 2.56 bits per heavy atom. The Labute approximate surface area is 154 Å². The van der Waals surface area contributed by atoms with E-state index in [1.165, 1.54) is 24.4 Å². The van der Waals surface area contributed by atoms with E-state index < -0.39 is 10.8 Å². The number of non-ortho nitro benzene ring substituents is 1. The molecule has 2 N–H and O–H groups in total. The molecule has 1 amide bonds. The third kappa shape index (κ3) is 4.35. The minimum absolute atomic E-state index is 0.00540. The van der Waals surface area contributed by atoms with E-state index in [1.54, 1.807) is 30.4 Å². The number of nitrogens with one attached hydrogen (secondary N) is 1. The highest BCUT2D eigenvalue weighted by molar-refractivity contribution is 6.01. The molecule has 3 rings (SSSR count). The summed E-state index contributed by atoms with van der Waals surface area (Å²) in [6.07, 6.45) is 4.50. The summed E-state index contributed by atoms with van der Waals surface area (Å²) in [5.41, 5.74) is 3.08. The first kappa shape index (κ1) is 17.8. The number of allylic oxidation sites excluding steroid dienone is 1. The zero-order valence-electron chi connectivity index (χ0n) is 14.1. The van der Waals surface area contributed by atoms with Gasteiger partial charge in [-0.3, -0.25) is 14.9 Å². The van der Waals surface area contributed by atoms with Crippen LogP contribution in [0.3, 0.4) is 0 Å². The van der Waals surface area contributed by atoms with Crippen molar-refractivity contribution in [2.24, 2.45) is 5.10 Å². The SMILES string of the molecule is O=C(N/N=C\C=C\c1cccc([N+](=O)[O-])c1)c1cc2ccccc2cc1O. The molecule has 0 aliphatic rings. The van der Waals surface area contributed by atoms with Gasteiger partial charge in [0, 0.05) is 18.3 Å². The number of hydrazone groups is 1. The number of nitro groups is 1. The Hall–Kier alpha value is -4.00. The molecule has 0 aliphatic heterocycles. The molecule has 0 spiro atoms. The van der Waals surface area contributed by atoms with Crippen LogP contribution in [0.15, 0.2) is 71.8 Å². The number of hydrogen-bond donors (Lipinski definition) is 2. The van der Waals surface area contributed by atoms with E-state index in [0.29, 0.717) is 5.56 Å². The zero-order chi connectivity index (χ0) is 19.2. The highest BCUT2D eigenvalue weighted by atomic mass is 16.6. The first-order valence-electron chi connectivity index (χ1n) is 8.01. The third-order valence-electron chi connectivity index (χ3n) is 3.81. The van der Waals surface area contributed by atoms with E-state index in [0.717, 1.165) is 10.8 Å². The summed E-state index contributed by atoms with van der Waals surface area (Å²) in [5.74, 6) is -0.674. The van der Waals surface area contributed by atoms with Gasteiger partial charge in [-0.05, 0) is 34.5 Å². The fourth-order valence-electron chi connectivity index (χ4n) is 2.51. The lowest BCUT2D eigenvalue weighted by atomic mass is 10.1. The predicted molar refractivity (Wildman–Crippen MR) is 104 cm³/mol. The van der Waals surface area contributed by atoms with Gasteiger partial charge in [0.1, 0.15) is 5.75 Å². The third-order valence-corrected chi connectivity index (χ3v) is 3.81. The Morgan fingerprint density at radius 1 is 1.07 bits per heavy atom. The molecule has 0 heterocycles. The van der Waals surface area contributed by atoms with Crippen molar-refractivity contribution in [1.29, 1.82) is 0 Å². The highest BCUT2D eigenvalue weighted by Crippen LogP contribution is 2.24. The van der Waals surface area contributed by atoms with Crippen molar-refractivity contribution in [3.63, 3.8) is 0 Å². The minimum Gasteiger partial charge on any atom is -0.507 e. The molecule has 3 aromatic rings. The first-order chi connectivity index (χ1) is 13.0. The van der Waals surface area contributed by atoms with Gasteiger partial charge < -0.3 is 5.11 Å². The van der Waals surface area contributed by atoms with Crippen LogP contribution in [0.25, 0.3) is 16.8 Å². The largest absolute Gasteiger partial charge is 0.507 e. The average Bonchev–Trinajstić information content (AvgIpc) is 2.67. The molecule has 0 fully saturated rings. The molecule has 0 radical (unpaired) electrons. The maximum atomic E-state index is 12.2. The van der Waals surface area contributed by atoms with Gasteiger partial charge in [-0.25, -0.2) is 5.43 Å². The van der Waals surface area contributed by atoms with Crippen LogP contribution in [0.2, 0.25) is 0 Å². The summed E-state index contributed by atoms with van der Waals surface area (Å²) in [5, 5.41) is 26.2. The average molecular weight is 361 g/mol. The second-order valence-corrected chi connectivity index (χ2v) is 5.65. The maximum absolute atomic E-state index is 12.2. The number of hydrogen-bond acceptors (Lipinski definition) is 5. The van der Waals surface area contributed by atoms with Gasteiger partial charge in [0.2, 0.25) is 0 Å². The van der Waals surface area contributed by atoms with Gasteiger partial charge in [0.25, 0.3) is 11.6 Å². The Kier molecular flexibility index (Phi) is 5.22. The number of aromatic hydroxyl groups is 1. The fourth-order valence-corrected chi connectivity index (χ4v) is 2.51. The number of carbonyl (C=O) groups is 1. The van der Waals surface area contributed by atoms with Crippen molar-refractivity contribution in [1.82, 2.24) is 5.43 Å². The molecule has 0 aliphatic carbocycles. The molecule has 0 saturated heterocycles. The van der Waals surface area contributed by atoms with Crippen LogP contribution in [0.4, 0.5) is 5.69 Å².